The first-order valence-electron chi connectivity index (χ1n) is 9.34. The minimum Gasteiger partial charge on any atom is -0.336 e. The average molecular weight is 379 g/mol. The van der Waals surface area contributed by atoms with Gasteiger partial charge < -0.3 is 4.90 Å². The highest BCUT2D eigenvalue weighted by Crippen LogP contribution is 2.17. The fourth-order valence-corrected chi connectivity index (χ4v) is 3.46. The van der Waals surface area contributed by atoms with Crippen LogP contribution < -0.4 is 0 Å². The summed E-state index contributed by atoms with van der Waals surface area (Å²) in [6, 6.07) is 12.0. The fraction of sp³-hybridized carbons (Fsp3) is 0.286. The normalized spacial score (nSPS) is 15.0. The third-order valence-corrected chi connectivity index (χ3v) is 5.08. The van der Waals surface area contributed by atoms with Crippen molar-refractivity contribution < 1.29 is 9.18 Å². The number of amides is 1. The summed E-state index contributed by atoms with van der Waals surface area (Å²) in [5, 5.41) is 4.33. The molecule has 4 rings (SSSR count). The lowest BCUT2D eigenvalue weighted by Crippen LogP contribution is -2.48. The lowest BCUT2D eigenvalue weighted by Gasteiger charge is -2.34. The smallest absolute Gasteiger partial charge is 0.257 e. The third kappa shape index (κ3) is 3.80. The Kier molecular flexibility index (Phi) is 5.16. The van der Waals surface area contributed by atoms with Crippen LogP contribution in [0.2, 0.25) is 0 Å². The number of nitrogens with zero attached hydrogens (tertiary/aromatic N) is 5. The van der Waals surface area contributed by atoms with E-state index in [4.69, 9.17) is 0 Å². The predicted octanol–water partition coefficient (Wildman–Crippen LogP) is 2.67. The summed E-state index contributed by atoms with van der Waals surface area (Å²) in [6.45, 7) is 5.63. The molecule has 0 atom stereocenters. The lowest BCUT2D eigenvalue weighted by atomic mass is 10.2. The van der Waals surface area contributed by atoms with E-state index in [0.29, 0.717) is 18.7 Å². The Morgan fingerprint density at radius 3 is 2.50 bits per heavy atom. The van der Waals surface area contributed by atoms with E-state index in [1.54, 1.807) is 29.2 Å². The van der Waals surface area contributed by atoms with Crippen molar-refractivity contribution in [1.29, 1.82) is 0 Å². The summed E-state index contributed by atoms with van der Waals surface area (Å²) in [5.41, 5.74) is 3.12. The molecule has 1 amide bonds. The Hall–Kier alpha value is -3.06. The molecule has 0 bridgehead atoms. The van der Waals surface area contributed by atoms with Crippen molar-refractivity contribution in [2.75, 3.05) is 26.2 Å². The van der Waals surface area contributed by atoms with Crippen LogP contribution in [0.3, 0.4) is 0 Å². The van der Waals surface area contributed by atoms with Crippen molar-refractivity contribution in [3.05, 3.63) is 77.6 Å². The summed E-state index contributed by atoms with van der Waals surface area (Å²) < 4.78 is 14.8. The molecule has 1 aromatic carbocycles. The number of rotatable bonds is 4. The summed E-state index contributed by atoms with van der Waals surface area (Å²) in [4.78, 5) is 21.5. The van der Waals surface area contributed by atoms with E-state index in [1.165, 1.54) is 12.1 Å². The van der Waals surface area contributed by atoms with Gasteiger partial charge in [0.2, 0.25) is 0 Å². The molecule has 0 unspecified atom stereocenters. The van der Waals surface area contributed by atoms with E-state index in [9.17, 15) is 9.18 Å². The van der Waals surface area contributed by atoms with Gasteiger partial charge in [-0.2, -0.15) is 5.10 Å². The zero-order chi connectivity index (χ0) is 19.5. The van der Waals surface area contributed by atoms with Gasteiger partial charge in [0, 0.05) is 38.9 Å². The maximum Gasteiger partial charge on any atom is 0.257 e. The van der Waals surface area contributed by atoms with E-state index < -0.39 is 0 Å². The van der Waals surface area contributed by atoms with E-state index >= 15 is 0 Å². The SMILES string of the molecule is Cc1c(C(=O)N2CCN(Cc3ccccn3)CC2)cnn1-c1ccc(F)cc1. The number of carbonyl (C=O) groups is 1. The van der Waals surface area contributed by atoms with Crippen LogP contribution in [-0.4, -0.2) is 56.7 Å². The molecule has 0 radical (unpaired) electrons. The molecular formula is C21H22FN5O. The van der Waals surface area contributed by atoms with Crippen molar-refractivity contribution in [3.63, 3.8) is 0 Å². The van der Waals surface area contributed by atoms with E-state index in [-0.39, 0.29) is 11.7 Å². The Morgan fingerprint density at radius 1 is 1.07 bits per heavy atom. The third-order valence-electron chi connectivity index (χ3n) is 5.08. The van der Waals surface area contributed by atoms with Gasteiger partial charge in [-0.15, -0.1) is 0 Å². The van der Waals surface area contributed by atoms with Gasteiger partial charge in [0.1, 0.15) is 5.82 Å². The number of hydrogen-bond donors (Lipinski definition) is 0. The summed E-state index contributed by atoms with van der Waals surface area (Å²) in [6.07, 6.45) is 3.40. The van der Waals surface area contributed by atoms with Crippen LogP contribution in [0, 0.1) is 12.7 Å². The molecule has 7 heteroatoms. The van der Waals surface area contributed by atoms with Crippen LogP contribution in [-0.2, 0) is 6.54 Å². The highest BCUT2D eigenvalue weighted by atomic mass is 19.1. The first kappa shape index (κ1) is 18.3. The second-order valence-corrected chi connectivity index (χ2v) is 6.92. The zero-order valence-electron chi connectivity index (χ0n) is 15.8. The van der Waals surface area contributed by atoms with Gasteiger partial charge in [0.15, 0.2) is 0 Å². The van der Waals surface area contributed by atoms with E-state index in [2.05, 4.69) is 15.0 Å². The van der Waals surface area contributed by atoms with Crippen LogP contribution in [0.1, 0.15) is 21.7 Å². The molecule has 0 aliphatic carbocycles. The maximum atomic E-state index is 13.2. The summed E-state index contributed by atoms with van der Waals surface area (Å²) in [5.74, 6) is -0.309. The van der Waals surface area contributed by atoms with Crippen molar-refractivity contribution in [2.24, 2.45) is 0 Å². The lowest BCUT2D eigenvalue weighted by molar-refractivity contribution is 0.0626. The van der Waals surface area contributed by atoms with Gasteiger partial charge in [-0.25, -0.2) is 9.07 Å². The molecule has 6 nitrogen and oxygen atoms in total. The Bertz CT molecular complexity index is 947. The van der Waals surface area contributed by atoms with Crippen LogP contribution in [0.4, 0.5) is 4.39 Å². The quantitative estimate of drug-likeness (QED) is 0.699. The number of benzene rings is 1. The standard InChI is InChI=1S/C21H22FN5O/c1-16-20(14-24-27(16)19-7-5-17(22)6-8-19)21(28)26-12-10-25(11-13-26)15-18-4-2-3-9-23-18/h2-9,14H,10-13,15H2,1H3. The first-order chi connectivity index (χ1) is 13.6. The molecule has 0 N–H and O–H groups in total. The minimum absolute atomic E-state index is 0.0108. The number of piperazine rings is 1. The maximum absolute atomic E-state index is 13.2. The van der Waals surface area contributed by atoms with Crippen LogP contribution >= 0.6 is 0 Å². The first-order valence-corrected chi connectivity index (χ1v) is 9.34. The number of pyridine rings is 1. The summed E-state index contributed by atoms with van der Waals surface area (Å²) >= 11 is 0. The number of carbonyl (C=O) groups excluding carboxylic acids is 1. The van der Waals surface area contributed by atoms with Gasteiger partial charge in [-0.1, -0.05) is 6.07 Å². The van der Waals surface area contributed by atoms with Crippen molar-refractivity contribution in [2.45, 2.75) is 13.5 Å². The second-order valence-electron chi connectivity index (χ2n) is 6.92. The van der Waals surface area contributed by atoms with Crippen LogP contribution in [0.25, 0.3) is 5.69 Å². The van der Waals surface area contributed by atoms with Crippen molar-refractivity contribution in [1.82, 2.24) is 24.6 Å². The molecule has 1 aliphatic heterocycles. The van der Waals surface area contributed by atoms with E-state index in [0.717, 1.165) is 36.7 Å². The van der Waals surface area contributed by atoms with Gasteiger partial charge in [0.25, 0.3) is 5.91 Å². The largest absolute Gasteiger partial charge is 0.336 e. The number of hydrogen-bond acceptors (Lipinski definition) is 4. The fourth-order valence-electron chi connectivity index (χ4n) is 3.46. The Labute approximate surface area is 163 Å². The minimum atomic E-state index is -0.298. The molecule has 1 aliphatic rings. The average Bonchev–Trinajstić information content (AvgIpc) is 3.11. The van der Waals surface area contributed by atoms with E-state index in [1.807, 2.05) is 30.0 Å². The molecule has 144 valence electrons. The van der Waals surface area contributed by atoms with Gasteiger partial charge in [0.05, 0.1) is 28.8 Å². The topological polar surface area (TPSA) is 54.3 Å². The zero-order valence-corrected chi connectivity index (χ0v) is 15.8. The Balaban J connectivity index is 1.41. The predicted molar refractivity (Wildman–Crippen MR) is 104 cm³/mol. The molecule has 28 heavy (non-hydrogen) atoms. The summed E-state index contributed by atoms with van der Waals surface area (Å²) in [7, 11) is 0. The molecule has 3 heterocycles. The van der Waals surface area contributed by atoms with Gasteiger partial charge >= 0.3 is 0 Å². The highest BCUT2D eigenvalue weighted by Gasteiger charge is 2.25. The van der Waals surface area contributed by atoms with Crippen molar-refractivity contribution >= 4 is 5.91 Å². The monoisotopic (exact) mass is 379 g/mol. The molecule has 0 saturated carbocycles. The van der Waals surface area contributed by atoms with Crippen LogP contribution in [0.15, 0.2) is 54.9 Å². The molecule has 3 aromatic rings. The van der Waals surface area contributed by atoms with Gasteiger partial charge in [-0.05, 0) is 43.3 Å². The van der Waals surface area contributed by atoms with Crippen molar-refractivity contribution in [3.8, 4) is 5.69 Å². The number of halogens is 1. The second kappa shape index (κ2) is 7.90. The molecule has 1 saturated heterocycles. The molecular weight excluding hydrogens is 357 g/mol. The number of aromatic nitrogens is 3. The molecule has 1 fully saturated rings. The van der Waals surface area contributed by atoms with Gasteiger partial charge in [-0.3, -0.25) is 14.7 Å². The Morgan fingerprint density at radius 2 is 1.82 bits per heavy atom. The van der Waals surface area contributed by atoms with Crippen LogP contribution in [0.5, 0.6) is 0 Å². The highest BCUT2D eigenvalue weighted by molar-refractivity contribution is 5.95. The molecule has 0 spiro atoms. The molecule has 2 aromatic heterocycles.